The van der Waals surface area contributed by atoms with Crippen molar-refractivity contribution >= 4 is 23.2 Å². The highest BCUT2D eigenvalue weighted by Crippen LogP contribution is 2.40. The third-order valence-corrected chi connectivity index (χ3v) is 5.86. The fourth-order valence-electron chi connectivity index (χ4n) is 3.91. The smallest absolute Gasteiger partial charge is 0.183 e. The van der Waals surface area contributed by atoms with E-state index in [-0.39, 0.29) is 12.4 Å². The molecule has 8 nitrogen and oxygen atoms in total. The molecule has 150 valence electrons. The molecule has 0 amide bonds. The zero-order chi connectivity index (χ0) is 20.1. The predicted octanol–water partition coefficient (Wildman–Crippen LogP) is 0.910. The first-order valence-corrected chi connectivity index (χ1v) is 9.37. The summed E-state index contributed by atoms with van der Waals surface area (Å²) in [6.45, 7) is 2.12. The van der Waals surface area contributed by atoms with Crippen LogP contribution in [0.1, 0.15) is 24.7 Å². The van der Waals surface area contributed by atoms with Gasteiger partial charge in [-0.3, -0.25) is 0 Å². The number of aliphatic hydroxyl groups excluding tert-OH is 3. The summed E-state index contributed by atoms with van der Waals surface area (Å²) < 4.78 is 14.4. The molecule has 1 saturated carbocycles. The Morgan fingerprint density at radius 2 is 2.11 bits per heavy atom. The fraction of sp³-hybridized carbons (Fsp3) is 0.500. The van der Waals surface area contributed by atoms with Crippen LogP contribution in [-0.4, -0.2) is 61.7 Å². The van der Waals surface area contributed by atoms with Crippen LogP contribution in [0.2, 0.25) is 5.02 Å². The lowest BCUT2D eigenvalue weighted by Crippen LogP contribution is -2.36. The van der Waals surface area contributed by atoms with Gasteiger partial charge in [0.05, 0.1) is 28.8 Å². The quantitative estimate of drug-likeness (QED) is 0.505. The summed E-state index contributed by atoms with van der Waals surface area (Å²) in [7, 11) is 0. The Morgan fingerprint density at radius 3 is 2.82 bits per heavy atom. The van der Waals surface area contributed by atoms with E-state index in [1.165, 1.54) is 0 Å². The molecule has 0 saturated heterocycles. The van der Waals surface area contributed by atoms with Crippen molar-refractivity contribution in [3.63, 3.8) is 0 Å². The normalized spacial score (nSPS) is 31.5. The van der Waals surface area contributed by atoms with Crippen LogP contribution in [-0.2, 0) is 5.41 Å². The molecular weight excluding hydrogens is 389 g/mol. The van der Waals surface area contributed by atoms with Crippen molar-refractivity contribution in [3.05, 3.63) is 40.7 Å². The highest BCUT2D eigenvalue weighted by atomic mass is 35.5. The number of pyridine rings is 1. The van der Waals surface area contributed by atoms with Crippen molar-refractivity contribution in [3.8, 4) is 0 Å². The maximum absolute atomic E-state index is 14.4. The summed E-state index contributed by atoms with van der Waals surface area (Å²) in [5.41, 5.74) is 0.146. The van der Waals surface area contributed by atoms with Gasteiger partial charge in [-0.2, -0.15) is 0 Å². The van der Waals surface area contributed by atoms with E-state index in [4.69, 9.17) is 11.6 Å². The number of hydrogen-bond donors (Lipinski definition) is 5. The zero-order valence-corrected chi connectivity index (χ0v) is 15.9. The van der Waals surface area contributed by atoms with Crippen LogP contribution in [0.3, 0.4) is 0 Å². The van der Waals surface area contributed by atoms with E-state index < -0.39 is 35.4 Å². The van der Waals surface area contributed by atoms with E-state index in [1.807, 2.05) is 6.92 Å². The van der Waals surface area contributed by atoms with E-state index in [1.54, 1.807) is 12.3 Å². The number of rotatable bonds is 4. The maximum atomic E-state index is 14.4. The first-order valence-electron chi connectivity index (χ1n) is 9.00. The Kier molecular flexibility index (Phi) is 4.86. The van der Waals surface area contributed by atoms with Gasteiger partial charge in [-0.05, 0) is 19.4 Å². The van der Waals surface area contributed by atoms with Crippen LogP contribution >= 0.6 is 11.6 Å². The molecule has 2 aromatic heterocycles. The lowest BCUT2D eigenvalue weighted by Gasteiger charge is -2.24. The highest BCUT2D eigenvalue weighted by Gasteiger charge is 2.43. The molecule has 3 heterocycles. The Bertz CT molecular complexity index is 904. The van der Waals surface area contributed by atoms with E-state index in [0.29, 0.717) is 29.6 Å². The molecule has 5 atom stereocenters. The van der Waals surface area contributed by atoms with Crippen LogP contribution < -0.4 is 10.6 Å². The number of aromatic nitrogens is 3. The summed E-state index contributed by atoms with van der Waals surface area (Å²) in [6, 6.07) is 1.15. The number of aliphatic hydroxyl groups is 3. The molecule has 2 unspecified atom stereocenters. The van der Waals surface area contributed by atoms with E-state index >= 15 is 0 Å². The van der Waals surface area contributed by atoms with Crippen molar-refractivity contribution in [2.75, 3.05) is 23.8 Å². The van der Waals surface area contributed by atoms with Crippen molar-refractivity contribution in [2.45, 2.75) is 37.0 Å². The average molecular weight is 410 g/mol. The lowest BCUT2D eigenvalue weighted by molar-refractivity contribution is 0.00443. The number of halogens is 2. The van der Waals surface area contributed by atoms with Gasteiger partial charge in [0.1, 0.15) is 17.7 Å². The Balaban J connectivity index is 1.65. The van der Waals surface area contributed by atoms with Crippen molar-refractivity contribution in [1.29, 1.82) is 0 Å². The molecular formula is C18H21ClFN5O3. The van der Waals surface area contributed by atoms with Gasteiger partial charge < -0.3 is 26.0 Å². The van der Waals surface area contributed by atoms with Crippen LogP contribution in [0.4, 0.5) is 16.0 Å². The topological polar surface area (TPSA) is 123 Å². The van der Waals surface area contributed by atoms with Crippen molar-refractivity contribution in [2.24, 2.45) is 5.92 Å². The zero-order valence-electron chi connectivity index (χ0n) is 15.1. The van der Waals surface area contributed by atoms with Crippen LogP contribution in [0, 0.1) is 11.7 Å². The SMILES string of the molecule is CC1(c2ncc(F)c(N[C@@H]3CC(CO)[C@@H](O)[C@H]3O)n2)CNc2ncc(Cl)cc21. The number of nitrogens with one attached hydrogen (secondary N) is 2. The van der Waals surface area contributed by atoms with Gasteiger partial charge in [0.15, 0.2) is 11.6 Å². The molecule has 1 aliphatic heterocycles. The number of fused-ring (bicyclic) bond motifs is 1. The summed E-state index contributed by atoms with van der Waals surface area (Å²) >= 11 is 6.09. The van der Waals surface area contributed by atoms with Gasteiger partial charge in [0.2, 0.25) is 0 Å². The van der Waals surface area contributed by atoms with E-state index in [0.717, 1.165) is 11.8 Å². The van der Waals surface area contributed by atoms with Crippen molar-refractivity contribution < 1.29 is 19.7 Å². The molecule has 0 aromatic carbocycles. The summed E-state index contributed by atoms with van der Waals surface area (Å²) in [5.74, 6) is -0.164. The second kappa shape index (κ2) is 7.07. The second-order valence-corrected chi connectivity index (χ2v) is 7.97. The molecule has 0 bridgehead atoms. The van der Waals surface area contributed by atoms with Crippen LogP contribution in [0.15, 0.2) is 18.5 Å². The highest BCUT2D eigenvalue weighted by molar-refractivity contribution is 6.30. The molecule has 0 radical (unpaired) electrons. The van der Waals surface area contributed by atoms with Crippen molar-refractivity contribution in [1.82, 2.24) is 15.0 Å². The molecule has 0 spiro atoms. The molecule has 4 rings (SSSR count). The van der Waals surface area contributed by atoms with Gasteiger partial charge in [-0.15, -0.1) is 0 Å². The molecule has 1 fully saturated rings. The lowest BCUT2D eigenvalue weighted by atomic mass is 9.84. The van der Waals surface area contributed by atoms with E-state index in [2.05, 4.69) is 25.6 Å². The number of hydrogen-bond acceptors (Lipinski definition) is 8. The molecule has 1 aliphatic carbocycles. The molecule has 28 heavy (non-hydrogen) atoms. The standard InChI is InChI=1S/C18H21ClFN5O3/c1-18(7-23-15-10(18)3-9(19)4-21-15)17-22-5-11(20)16(25-17)24-12-2-8(6-26)13(27)14(12)28/h3-5,8,12-14,26-28H,2,6-7H2,1H3,(H,21,23)(H,22,24,25)/t8?,12-,13-,14+,18?/m1/s1. The minimum Gasteiger partial charge on any atom is -0.396 e. The van der Waals surface area contributed by atoms with Gasteiger partial charge >= 0.3 is 0 Å². The van der Waals surface area contributed by atoms with Gasteiger partial charge in [-0.25, -0.2) is 19.3 Å². The monoisotopic (exact) mass is 409 g/mol. The number of anilines is 2. The largest absolute Gasteiger partial charge is 0.396 e. The number of nitrogens with zero attached hydrogens (tertiary/aromatic N) is 3. The summed E-state index contributed by atoms with van der Waals surface area (Å²) in [6.07, 6.45) is 0.694. The predicted molar refractivity (Wildman–Crippen MR) is 101 cm³/mol. The third kappa shape index (κ3) is 3.08. The first kappa shape index (κ1) is 19.3. The minimum atomic E-state index is -1.14. The van der Waals surface area contributed by atoms with Gasteiger partial charge in [0.25, 0.3) is 0 Å². The van der Waals surface area contributed by atoms with Crippen LogP contribution in [0.25, 0.3) is 0 Å². The fourth-order valence-corrected chi connectivity index (χ4v) is 4.07. The first-order chi connectivity index (χ1) is 13.3. The Labute approximate surface area is 165 Å². The Hall–Kier alpha value is -2.07. The molecule has 2 aliphatic rings. The second-order valence-electron chi connectivity index (χ2n) is 7.54. The molecule has 2 aromatic rings. The molecule has 5 N–H and O–H groups in total. The Morgan fingerprint density at radius 1 is 1.32 bits per heavy atom. The summed E-state index contributed by atoms with van der Waals surface area (Å²) in [4.78, 5) is 12.8. The minimum absolute atomic E-state index is 0.0653. The average Bonchev–Trinajstić information content (AvgIpc) is 3.15. The molecule has 10 heteroatoms. The van der Waals surface area contributed by atoms with Gasteiger partial charge in [0, 0.05) is 30.8 Å². The third-order valence-electron chi connectivity index (χ3n) is 5.65. The van der Waals surface area contributed by atoms with Gasteiger partial charge in [-0.1, -0.05) is 11.6 Å². The summed E-state index contributed by atoms with van der Waals surface area (Å²) in [5, 5.41) is 36.0. The maximum Gasteiger partial charge on any atom is 0.183 e. The van der Waals surface area contributed by atoms with Crippen LogP contribution in [0.5, 0.6) is 0 Å². The van der Waals surface area contributed by atoms with E-state index in [9.17, 15) is 19.7 Å².